The van der Waals surface area contributed by atoms with Crippen molar-refractivity contribution in [3.05, 3.63) is 57.6 Å². The molecule has 1 aliphatic carbocycles. The molecule has 3 unspecified atom stereocenters. The molecule has 2 aromatic rings. The number of esters is 3. The molecule has 0 aliphatic heterocycles. The van der Waals surface area contributed by atoms with Gasteiger partial charge in [-0.3, -0.25) is 18.9 Å². The van der Waals surface area contributed by atoms with E-state index in [2.05, 4.69) is 0 Å². The molecule has 242 valence electrons. The Balaban J connectivity index is 1.95. The van der Waals surface area contributed by atoms with Crippen molar-refractivity contribution in [2.75, 3.05) is 5.75 Å². The predicted octanol–water partition coefficient (Wildman–Crippen LogP) is 5.83. The molecule has 0 aromatic heterocycles. The standard InChI is InChI=1S/C31H37F3O9S/c1-16-8-18(3)25(19(4)9-16)41-27(35)22-12-23(28(36)42-26-20(5)10-17(2)11-21(26)6)14-24(13-22)29(37)43-30(7,31(32,33)34)15-44(38,39)40/h8-11,22-24H,12-15H2,1-7H3,(H,38,39,40). The maximum absolute atomic E-state index is 13.9. The third kappa shape index (κ3) is 8.38. The molecule has 0 amide bonds. The van der Waals surface area contributed by atoms with Crippen LogP contribution in [0.3, 0.4) is 0 Å². The summed E-state index contributed by atoms with van der Waals surface area (Å²) in [5.74, 6) is -8.09. The Morgan fingerprint density at radius 3 is 1.34 bits per heavy atom. The summed E-state index contributed by atoms with van der Waals surface area (Å²) in [6.07, 6.45) is -6.14. The minimum Gasteiger partial charge on any atom is -0.448 e. The van der Waals surface area contributed by atoms with Gasteiger partial charge in [-0.1, -0.05) is 35.4 Å². The molecule has 1 fully saturated rings. The summed E-state index contributed by atoms with van der Waals surface area (Å²) < 4.78 is 89.5. The van der Waals surface area contributed by atoms with Gasteiger partial charge in [0.25, 0.3) is 10.1 Å². The van der Waals surface area contributed by atoms with Crippen molar-refractivity contribution < 1.29 is 54.7 Å². The number of aryl methyl sites for hydroxylation is 6. The van der Waals surface area contributed by atoms with E-state index < -0.39 is 63.3 Å². The topological polar surface area (TPSA) is 133 Å². The van der Waals surface area contributed by atoms with E-state index in [1.165, 1.54) is 0 Å². The molecule has 0 saturated heterocycles. The number of ether oxygens (including phenoxy) is 3. The van der Waals surface area contributed by atoms with Crippen LogP contribution in [0.25, 0.3) is 0 Å². The first kappa shape index (κ1) is 35.0. The number of halogens is 3. The second-order valence-electron chi connectivity index (χ2n) is 12.0. The highest BCUT2D eigenvalue weighted by molar-refractivity contribution is 7.85. The lowest BCUT2D eigenvalue weighted by Crippen LogP contribution is -2.52. The van der Waals surface area contributed by atoms with Gasteiger partial charge < -0.3 is 14.2 Å². The normalized spacial score (nSPS) is 20.4. The van der Waals surface area contributed by atoms with Crippen LogP contribution in [-0.2, 0) is 29.2 Å². The molecular formula is C31H37F3O9S. The van der Waals surface area contributed by atoms with Gasteiger partial charge >= 0.3 is 24.1 Å². The monoisotopic (exact) mass is 642 g/mol. The van der Waals surface area contributed by atoms with E-state index in [9.17, 15) is 36.0 Å². The van der Waals surface area contributed by atoms with Crippen molar-refractivity contribution in [3.8, 4) is 11.5 Å². The number of carbonyl (C=O) groups excluding carboxylic acids is 3. The molecule has 0 bridgehead atoms. The van der Waals surface area contributed by atoms with Crippen molar-refractivity contribution >= 4 is 28.0 Å². The fourth-order valence-electron chi connectivity index (χ4n) is 5.74. The highest BCUT2D eigenvalue weighted by Gasteiger charge is 2.58. The summed E-state index contributed by atoms with van der Waals surface area (Å²) in [5, 5.41) is 0. The fourth-order valence-corrected chi connectivity index (χ4v) is 6.66. The summed E-state index contributed by atoms with van der Waals surface area (Å²) in [7, 11) is -5.23. The van der Waals surface area contributed by atoms with Crippen molar-refractivity contribution in [1.29, 1.82) is 0 Å². The van der Waals surface area contributed by atoms with Gasteiger partial charge in [0.15, 0.2) is 0 Å². The minimum absolute atomic E-state index is 0.114. The average molecular weight is 643 g/mol. The van der Waals surface area contributed by atoms with E-state index in [4.69, 9.17) is 18.8 Å². The molecule has 0 spiro atoms. The lowest BCUT2D eigenvalue weighted by molar-refractivity contribution is -0.258. The molecule has 1 N–H and O–H groups in total. The van der Waals surface area contributed by atoms with Crippen LogP contribution < -0.4 is 9.47 Å². The zero-order chi connectivity index (χ0) is 33.4. The third-order valence-corrected chi connectivity index (χ3v) is 8.62. The maximum atomic E-state index is 13.9. The van der Waals surface area contributed by atoms with Crippen molar-refractivity contribution in [3.63, 3.8) is 0 Å². The smallest absolute Gasteiger partial charge is 0.429 e. The zero-order valence-corrected chi connectivity index (χ0v) is 26.4. The van der Waals surface area contributed by atoms with E-state index in [-0.39, 0.29) is 30.8 Å². The Hall–Kier alpha value is -3.45. The Labute approximate surface area is 254 Å². The van der Waals surface area contributed by atoms with E-state index in [0.717, 1.165) is 11.1 Å². The molecule has 0 radical (unpaired) electrons. The molecule has 1 saturated carbocycles. The second-order valence-corrected chi connectivity index (χ2v) is 13.4. The summed E-state index contributed by atoms with van der Waals surface area (Å²) >= 11 is 0. The fraction of sp³-hybridized carbons (Fsp3) is 0.516. The zero-order valence-electron chi connectivity index (χ0n) is 25.6. The van der Waals surface area contributed by atoms with Crippen molar-refractivity contribution in [1.82, 2.24) is 0 Å². The van der Waals surface area contributed by atoms with Gasteiger partial charge in [0.2, 0.25) is 5.60 Å². The summed E-state index contributed by atoms with van der Waals surface area (Å²) in [4.78, 5) is 40.0. The third-order valence-electron chi connectivity index (χ3n) is 7.71. The molecule has 1 aliphatic rings. The Bertz CT molecular complexity index is 1440. The van der Waals surface area contributed by atoms with Gasteiger partial charge in [-0.25, -0.2) is 0 Å². The molecule has 2 aromatic carbocycles. The van der Waals surface area contributed by atoms with Gasteiger partial charge in [-0.2, -0.15) is 21.6 Å². The van der Waals surface area contributed by atoms with Crippen LogP contribution >= 0.6 is 0 Å². The van der Waals surface area contributed by atoms with Gasteiger partial charge in [0.05, 0.1) is 17.8 Å². The van der Waals surface area contributed by atoms with Crippen LogP contribution in [0.4, 0.5) is 13.2 Å². The van der Waals surface area contributed by atoms with Crippen LogP contribution in [-0.4, -0.2) is 48.4 Å². The van der Waals surface area contributed by atoms with Crippen molar-refractivity contribution in [2.24, 2.45) is 17.8 Å². The number of alkyl halides is 3. The SMILES string of the molecule is Cc1cc(C)c(OC(=O)C2CC(C(=O)Oc3c(C)cc(C)cc3C)CC(C(=O)OC(C)(CS(=O)(=O)O)C(F)(F)F)C2)c(C)c1. The molecule has 3 rings (SSSR count). The van der Waals surface area contributed by atoms with Crippen LogP contribution in [0.15, 0.2) is 24.3 Å². The minimum atomic E-state index is -5.37. The number of carbonyl (C=O) groups is 3. The molecule has 44 heavy (non-hydrogen) atoms. The number of rotatable bonds is 8. The number of hydrogen-bond donors (Lipinski definition) is 1. The Morgan fingerprint density at radius 2 is 1.05 bits per heavy atom. The molecule has 9 nitrogen and oxygen atoms in total. The first-order valence-electron chi connectivity index (χ1n) is 13.9. The summed E-state index contributed by atoms with van der Waals surface area (Å²) in [5.41, 5.74) is 0.924. The van der Waals surface area contributed by atoms with Crippen molar-refractivity contribution in [2.45, 2.75) is 79.5 Å². The average Bonchev–Trinajstić information content (AvgIpc) is 2.85. The Morgan fingerprint density at radius 1 is 0.727 bits per heavy atom. The number of benzene rings is 2. The summed E-state index contributed by atoms with van der Waals surface area (Å²) in [6.45, 7) is 11.0. The molecule has 0 heterocycles. The molecule has 13 heteroatoms. The summed E-state index contributed by atoms with van der Waals surface area (Å²) in [6, 6.07) is 7.21. The van der Waals surface area contributed by atoms with E-state index in [1.54, 1.807) is 52.0 Å². The predicted molar refractivity (Wildman–Crippen MR) is 154 cm³/mol. The lowest BCUT2D eigenvalue weighted by Gasteiger charge is -2.35. The van der Waals surface area contributed by atoms with Gasteiger partial charge in [0, 0.05) is 0 Å². The van der Waals surface area contributed by atoms with E-state index >= 15 is 0 Å². The first-order valence-corrected chi connectivity index (χ1v) is 15.5. The highest BCUT2D eigenvalue weighted by Crippen LogP contribution is 2.41. The van der Waals surface area contributed by atoms with Crippen LogP contribution in [0, 0.1) is 59.3 Å². The molecule has 3 atom stereocenters. The van der Waals surface area contributed by atoms with E-state index in [0.29, 0.717) is 29.2 Å². The highest BCUT2D eigenvalue weighted by atomic mass is 32.2. The van der Waals surface area contributed by atoms with Gasteiger partial charge in [-0.05, 0) is 90.0 Å². The maximum Gasteiger partial charge on any atom is 0.429 e. The molecular weight excluding hydrogens is 605 g/mol. The first-order chi connectivity index (χ1) is 20.1. The number of hydrogen-bond acceptors (Lipinski definition) is 8. The quantitative estimate of drug-likeness (QED) is 0.214. The van der Waals surface area contributed by atoms with Crippen LogP contribution in [0.5, 0.6) is 11.5 Å². The lowest BCUT2D eigenvalue weighted by atomic mass is 9.75. The largest absolute Gasteiger partial charge is 0.448 e. The van der Waals surface area contributed by atoms with Crippen LogP contribution in [0.2, 0.25) is 0 Å². The Kier molecular flexibility index (Phi) is 10.3. The van der Waals surface area contributed by atoms with Gasteiger partial charge in [0.1, 0.15) is 17.3 Å². The van der Waals surface area contributed by atoms with Crippen LogP contribution in [0.1, 0.15) is 59.6 Å². The van der Waals surface area contributed by atoms with Gasteiger partial charge in [-0.15, -0.1) is 0 Å². The van der Waals surface area contributed by atoms with E-state index in [1.807, 2.05) is 13.8 Å². The second kappa shape index (κ2) is 12.9.